The molecule has 0 fully saturated rings. The summed E-state index contributed by atoms with van der Waals surface area (Å²) in [4.78, 5) is 4.11. The fourth-order valence-corrected chi connectivity index (χ4v) is 2.19. The third-order valence-corrected chi connectivity index (χ3v) is 3.13. The van der Waals surface area contributed by atoms with Crippen molar-refractivity contribution >= 4 is 16.6 Å². The lowest BCUT2D eigenvalue weighted by Crippen LogP contribution is -1.98. The number of nitrogens with two attached hydrogens (primary N) is 1. The molecule has 90 valence electrons. The molecule has 4 nitrogen and oxygen atoms in total. The van der Waals surface area contributed by atoms with E-state index in [9.17, 15) is 0 Å². The number of aryl methyl sites for hydroxylation is 1. The molecule has 18 heavy (non-hydrogen) atoms. The number of nitrogens with zero attached hydrogens (tertiary/aromatic N) is 3. The predicted molar refractivity (Wildman–Crippen MR) is 72.2 cm³/mol. The van der Waals surface area contributed by atoms with E-state index in [-0.39, 0.29) is 0 Å². The van der Waals surface area contributed by atoms with Crippen LogP contribution in [0, 0.1) is 0 Å². The van der Waals surface area contributed by atoms with Gasteiger partial charge in [-0.15, -0.1) is 0 Å². The van der Waals surface area contributed by atoms with Crippen LogP contribution in [0.4, 0.5) is 5.69 Å². The normalized spacial score (nSPS) is 10.9. The van der Waals surface area contributed by atoms with Gasteiger partial charge in [0.05, 0.1) is 11.2 Å². The molecule has 1 aromatic carbocycles. The molecule has 0 radical (unpaired) electrons. The van der Waals surface area contributed by atoms with E-state index >= 15 is 0 Å². The van der Waals surface area contributed by atoms with Gasteiger partial charge in [0.15, 0.2) is 0 Å². The summed E-state index contributed by atoms with van der Waals surface area (Å²) in [6.07, 6.45) is 4.22. The van der Waals surface area contributed by atoms with Gasteiger partial charge in [-0.3, -0.25) is 9.67 Å². The van der Waals surface area contributed by atoms with Crippen molar-refractivity contribution < 1.29 is 0 Å². The molecule has 2 aromatic heterocycles. The van der Waals surface area contributed by atoms with Crippen LogP contribution in [0.5, 0.6) is 0 Å². The third-order valence-electron chi connectivity index (χ3n) is 3.13. The van der Waals surface area contributed by atoms with Crippen LogP contribution in [0.1, 0.15) is 11.3 Å². The van der Waals surface area contributed by atoms with Crippen molar-refractivity contribution in [3.63, 3.8) is 0 Å². The van der Waals surface area contributed by atoms with E-state index in [1.54, 1.807) is 12.4 Å². The van der Waals surface area contributed by atoms with Crippen LogP contribution in [0.15, 0.2) is 42.7 Å². The van der Waals surface area contributed by atoms with Crippen LogP contribution in [-0.2, 0) is 13.5 Å². The van der Waals surface area contributed by atoms with E-state index in [0.717, 1.165) is 22.5 Å². The van der Waals surface area contributed by atoms with Crippen molar-refractivity contribution in [3.8, 4) is 0 Å². The molecular formula is C14H14N4. The first-order chi connectivity index (χ1) is 8.75. The van der Waals surface area contributed by atoms with E-state index in [1.807, 2.05) is 29.9 Å². The Labute approximate surface area is 105 Å². The Bertz CT molecular complexity index is 700. The number of fused-ring (bicyclic) bond motifs is 1. The van der Waals surface area contributed by atoms with Crippen LogP contribution < -0.4 is 5.73 Å². The molecule has 0 spiro atoms. The van der Waals surface area contributed by atoms with Gasteiger partial charge in [0.1, 0.15) is 0 Å². The lowest BCUT2D eigenvalue weighted by atomic mass is 10.1. The average molecular weight is 238 g/mol. The smallest absolute Gasteiger partial charge is 0.0748 e. The summed E-state index contributed by atoms with van der Waals surface area (Å²) in [5, 5.41) is 5.73. The number of para-hydroxylation sites is 1. The average Bonchev–Trinajstić information content (AvgIpc) is 2.70. The van der Waals surface area contributed by atoms with Gasteiger partial charge in [0, 0.05) is 36.9 Å². The zero-order chi connectivity index (χ0) is 12.5. The second kappa shape index (κ2) is 4.14. The van der Waals surface area contributed by atoms with E-state index in [2.05, 4.69) is 22.2 Å². The molecule has 2 N–H and O–H groups in total. The fraction of sp³-hybridized carbons (Fsp3) is 0.143. The molecule has 0 saturated carbocycles. The lowest BCUT2D eigenvalue weighted by molar-refractivity contribution is 0.774. The van der Waals surface area contributed by atoms with Crippen molar-refractivity contribution in [3.05, 3.63) is 54.0 Å². The first-order valence-electron chi connectivity index (χ1n) is 5.84. The molecular weight excluding hydrogens is 224 g/mol. The first-order valence-corrected chi connectivity index (χ1v) is 5.84. The summed E-state index contributed by atoms with van der Waals surface area (Å²) in [7, 11) is 1.96. The molecule has 0 amide bonds. The summed E-state index contributed by atoms with van der Waals surface area (Å²) in [5.74, 6) is 0. The lowest BCUT2D eigenvalue weighted by Gasteiger charge is -2.02. The van der Waals surface area contributed by atoms with Crippen LogP contribution in [0.3, 0.4) is 0 Å². The van der Waals surface area contributed by atoms with Crippen LogP contribution >= 0.6 is 0 Å². The minimum absolute atomic E-state index is 0.709. The summed E-state index contributed by atoms with van der Waals surface area (Å²) in [6.45, 7) is 0. The largest absolute Gasteiger partial charge is 0.398 e. The molecule has 3 rings (SSSR count). The highest BCUT2D eigenvalue weighted by molar-refractivity contribution is 5.82. The van der Waals surface area contributed by atoms with E-state index < -0.39 is 0 Å². The Kier molecular flexibility index (Phi) is 2.48. The highest BCUT2D eigenvalue weighted by atomic mass is 15.3. The molecule has 0 aliphatic carbocycles. The molecule has 0 aliphatic rings. The maximum atomic E-state index is 5.94. The van der Waals surface area contributed by atoms with Gasteiger partial charge in [-0.2, -0.15) is 5.10 Å². The van der Waals surface area contributed by atoms with E-state index in [4.69, 9.17) is 5.73 Å². The number of anilines is 1. The molecule has 4 heteroatoms. The minimum atomic E-state index is 0.709. The van der Waals surface area contributed by atoms with Gasteiger partial charge in [-0.05, 0) is 17.7 Å². The topological polar surface area (TPSA) is 56.7 Å². The van der Waals surface area contributed by atoms with Crippen molar-refractivity contribution in [1.29, 1.82) is 0 Å². The summed E-state index contributed by atoms with van der Waals surface area (Å²) < 4.78 is 1.90. The Morgan fingerprint density at radius 1 is 1.22 bits per heavy atom. The number of aromatic nitrogens is 3. The Balaban J connectivity index is 2.08. The molecule has 0 atom stereocenters. The maximum Gasteiger partial charge on any atom is 0.0748 e. The van der Waals surface area contributed by atoms with Crippen LogP contribution in [0.2, 0.25) is 0 Å². The predicted octanol–water partition coefficient (Wildman–Crippen LogP) is 2.14. The molecule has 0 unspecified atom stereocenters. The molecule has 0 aliphatic heterocycles. The van der Waals surface area contributed by atoms with Gasteiger partial charge >= 0.3 is 0 Å². The summed E-state index contributed by atoms with van der Waals surface area (Å²) in [5.41, 5.74) is 9.89. The second-order valence-electron chi connectivity index (χ2n) is 4.34. The van der Waals surface area contributed by atoms with Crippen molar-refractivity contribution in [2.24, 2.45) is 7.05 Å². The molecule has 0 bridgehead atoms. The van der Waals surface area contributed by atoms with Gasteiger partial charge < -0.3 is 5.73 Å². The number of hydrogen-bond donors (Lipinski definition) is 1. The van der Waals surface area contributed by atoms with E-state index in [1.165, 1.54) is 5.39 Å². The molecule has 3 aromatic rings. The highest BCUT2D eigenvalue weighted by Gasteiger charge is 2.09. The quantitative estimate of drug-likeness (QED) is 0.744. The van der Waals surface area contributed by atoms with Gasteiger partial charge in [0.2, 0.25) is 0 Å². The zero-order valence-corrected chi connectivity index (χ0v) is 10.2. The molecule has 0 saturated heterocycles. The number of hydrogen-bond acceptors (Lipinski definition) is 3. The van der Waals surface area contributed by atoms with Crippen LogP contribution in [-0.4, -0.2) is 14.8 Å². The van der Waals surface area contributed by atoms with E-state index in [0.29, 0.717) is 6.42 Å². The Morgan fingerprint density at radius 3 is 2.89 bits per heavy atom. The Morgan fingerprint density at radius 2 is 2.06 bits per heavy atom. The molecule has 2 heterocycles. The first kappa shape index (κ1) is 10.8. The number of rotatable bonds is 2. The second-order valence-corrected chi connectivity index (χ2v) is 4.34. The van der Waals surface area contributed by atoms with Crippen molar-refractivity contribution in [2.75, 3.05) is 5.73 Å². The van der Waals surface area contributed by atoms with Gasteiger partial charge in [-0.1, -0.05) is 18.2 Å². The standard InChI is InChI=1S/C14H14N4/c1-18-14-5-3-2-4-11(14)13(17-18)8-10-9-16-7-6-12(10)15/h2-7,9H,8H2,1H3,(H2,15,16). The summed E-state index contributed by atoms with van der Waals surface area (Å²) in [6, 6.07) is 10.0. The maximum absolute atomic E-state index is 5.94. The fourth-order valence-electron chi connectivity index (χ4n) is 2.19. The number of nitrogen functional groups attached to an aromatic ring is 1. The van der Waals surface area contributed by atoms with Crippen molar-refractivity contribution in [1.82, 2.24) is 14.8 Å². The number of pyridine rings is 1. The van der Waals surface area contributed by atoms with Gasteiger partial charge in [-0.25, -0.2) is 0 Å². The highest BCUT2D eigenvalue weighted by Crippen LogP contribution is 2.21. The number of benzene rings is 1. The monoisotopic (exact) mass is 238 g/mol. The van der Waals surface area contributed by atoms with Gasteiger partial charge in [0.25, 0.3) is 0 Å². The summed E-state index contributed by atoms with van der Waals surface area (Å²) >= 11 is 0. The Hall–Kier alpha value is -2.36. The zero-order valence-electron chi connectivity index (χ0n) is 10.2. The SMILES string of the molecule is Cn1nc(Cc2cnccc2N)c2ccccc21. The van der Waals surface area contributed by atoms with Crippen LogP contribution in [0.25, 0.3) is 10.9 Å². The van der Waals surface area contributed by atoms with Crippen molar-refractivity contribution in [2.45, 2.75) is 6.42 Å². The third kappa shape index (κ3) is 1.72. The minimum Gasteiger partial charge on any atom is -0.398 e.